The standard InChI is InChI=1S/C21H20ClNO3S2/c1-11-8-9-13-15(10-11)27-18(17(13)22)19(24)23-20-16(21(25)26-2)12-6-4-3-5-7-14(12)28-20/h8-10H,3-7H2,1-2H3,(H,23,24). The van der Waals surface area contributed by atoms with Crippen molar-refractivity contribution in [1.29, 1.82) is 0 Å². The van der Waals surface area contributed by atoms with Crippen LogP contribution < -0.4 is 5.32 Å². The number of carbonyl (C=O) groups excluding carboxylic acids is 2. The lowest BCUT2D eigenvalue weighted by Crippen LogP contribution is -2.14. The number of anilines is 1. The first kappa shape index (κ1) is 19.4. The summed E-state index contributed by atoms with van der Waals surface area (Å²) in [7, 11) is 1.37. The van der Waals surface area contributed by atoms with Gasteiger partial charge in [0.05, 0.1) is 17.7 Å². The number of amides is 1. The number of fused-ring (bicyclic) bond motifs is 2. The van der Waals surface area contributed by atoms with Gasteiger partial charge in [0.15, 0.2) is 0 Å². The molecular weight excluding hydrogens is 414 g/mol. The number of aryl methyl sites for hydroxylation is 2. The summed E-state index contributed by atoms with van der Waals surface area (Å²) in [6.45, 7) is 2.01. The average Bonchev–Trinajstić information content (AvgIpc) is 3.08. The molecule has 146 valence electrons. The molecule has 0 saturated carbocycles. The molecule has 0 spiro atoms. The lowest BCUT2D eigenvalue weighted by atomic mass is 10.1. The minimum atomic E-state index is -0.396. The van der Waals surface area contributed by atoms with Gasteiger partial charge >= 0.3 is 5.97 Å². The topological polar surface area (TPSA) is 55.4 Å². The first-order valence-corrected chi connectivity index (χ1v) is 11.2. The highest BCUT2D eigenvalue weighted by Crippen LogP contribution is 2.40. The van der Waals surface area contributed by atoms with Crippen LogP contribution in [0.5, 0.6) is 0 Å². The quantitative estimate of drug-likeness (QED) is 0.393. The highest BCUT2D eigenvalue weighted by molar-refractivity contribution is 7.22. The van der Waals surface area contributed by atoms with Gasteiger partial charge in [-0.15, -0.1) is 22.7 Å². The Balaban J connectivity index is 1.72. The summed E-state index contributed by atoms with van der Waals surface area (Å²) < 4.78 is 5.98. The molecule has 0 bridgehead atoms. The Hall–Kier alpha value is -1.89. The number of hydrogen-bond donors (Lipinski definition) is 1. The molecular formula is C21H20ClNO3S2. The molecule has 7 heteroatoms. The summed E-state index contributed by atoms with van der Waals surface area (Å²) in [6, 6.07) is 5.94. The van der Waals surface area contributed by atoms with Gasteiger partial charge in [0, 0.05) is 15.0 Å². The third-order valence-corrected chi connectivity index (χ3v) is 7.89. The van der Waals surface area contributed by atoms with Crippen molar-refractivity contribution in [3.05, 3.63) is 49.7 Å². The molecule has 0 radical (unpaired) electrons. The van der Waals surface area contributed by atoms with Crippen molar-refractivity contribution in [3.63, 3.8) is 0 Å². The van der Waals surface area contributed by atoms with Crippen LogP contribution in [0.4, 0.5) is 5.00 Å². The lowest BCUT2D eigenvalue weighted by molar-refractivity contribution is 0.0601. The Morgan fingerprint density at radius 3 is 2.71 bits per heavy atom. The van der Waals surface area contributed by atoms with Gasteiger partial charge in [-0.2, -0.15) is 0 Å². The van der Waals surface area contributed by atoms with E-state index >= 15 is 0 Å². The summed E-state index contributed by atoms with van der Waals surface area (Å²) in [5, 5.41) is 4.83. The van der Waals surface area contributed by atoms with E-state index in [0.29, 0.717) is 20.5 Å². The van der Waals surface area contributed by atoms with Crippen LogP contribution in [-0.4, -0.2) is 19.0 Å². The number of methoxy groups -OCH3 is 1. The van der Waals surface area contributed by atoms with E-state index < -0.39 is 5.97 Å². The first-order chi connectivity index (χ1) is 13.5. The van der Waals surface area contributed by atoms with Crippen molar-refractivity contribution in [2.45, 2.75) is 39.0 Å². The van der Waals surface area contributed by atoms with Crippen molar-refractivity contribution in [2.24, 2.45) is 0 Å². The van der Waals surface area contributed by atoms with Crippen molar-refractivity contribution < 1.29 is 14.3 Å². The fraction of sp³-hybridized carbons (Fsp3) is 0.333. The molecule has 3 aromatic rings. The summed E-state index contributed by atoms with van der Waals surface area (Å²) in [4.78, 5) is 27.1. The molecule has 0 unspecified atom stereocenters. The third-order valence-electron chi connectivity index (χ3n) is 5.03. The molecule has 0 atom stereocenters. The predicted molar refractivity (Wildman–Crippen MR) is 116 cm³/mol. The first-order valence-electron chi connectivity index (χ1n) is 9.22. The number of carbonyl (C=O) groups is 2. The molecule has 1 aromatic carbocycles. The van der Waals surface area contributed by atoms with E-state index in [1.165, 1.54) is 34.7 Å². The van der Waals surface area contributed by atoms with Crippen LogP contribution in [0.1, 0.15) is 55.3 Å². The van der Waals surface area contributed by atoms with Gasteiger partial charge < -0.3 is 10.1 Å². The van der Waals surface area contributed by atoms with Gasteiger partial charge in [0.2, 0.25) is 0 Å². The van der Waals surface area contributed by atoms with Gasteiger partial charge in [-0.3, -0.25) is 4.79 Å². The van der Waals surface area contributed by atoms with Crippen LogP contribution in [0.2, 0.25) is 5.02 Å². The number of esters is 1. The smallest absolute Gasteiger partial charge is 0.341 e. The van der Waals surface area contributed by atoms with E-state index in [2.05, 4.69) is 5.32 Å². The zero-order valence-electron chi connectivity index (χ0n) is 15.7. The number of ether oxygens (including phenoxy) is 1. The van der Waals surface area contributed by atoms with Gasteiger partial charge in [0.25, 0.3) is 5.91 Å². The van der Waals surface area contributed by atoms with E-state index in [9.17, 15) is 9.59 Å². The molecule has 1 N–H and O–H groups in total. The maximum Gasteiger partial charge on any atom is 0.341 e. The fourth-order valence-corrected chi connectivity index (χ4v) is 6.41. The van der Waals surface area contributed by atoms with E-state index in [1.54, 1.807) is 0 Å². The molecule has 1 aliphatic rings. The fourth-order valence-electron chi connectivity index (χ4n) is 3.63. The normalized spacial score (nSPS) is 13.8. The zero-order valence-corrected chi connectivity index (χ0v) is 18.1. The Morgan fingerprint density at radius 1 is 1.14 bits per heavy atom. The second kappa shape index (κ2) is 7.85. The predicted octanol–water partition coefficient (Wildman–Crippen LogP) is 6.23. The number of thiophene rings is 2. The second-order valence-corrected chi connectivity index (χ2v) is 9.49. The van der Waals surface area contributed by atoms with Crippen LogP contribution in [0.15, 0.2) is 18.2 Å². The van der Waals surface area contributed by atoms with E-state index in [-0.39, 0.29) is 5.91 Å². The molecule has 0 saturated heterocycles. The summed E-state index contributed by atoms with van der Waals surface area (Å²) >= 11 is 9.34. The van der Waals surface area contributed by atoms with Crippen LogP contribution in [0.3, 0.4) is 0 Å². The van der Waals surface area contributed by atoms with Crippen LogP contribution in [0, 0.1) is 6.92 Å². The average molecular weight is 434 g/mol. The molecule has 1 amide bonds. The number of nitrogens with one attached hydrogen (secondary N) is 1. The Kier molecular flexibility index (Phi) is 5.45. The number of benzene rings is 1. The molecule has 0 fully saturated rings. The summed E-state index contributed by atoms with van der Waals surface area (Å²) in [6.07, 6.45) is 5.07. The largest absolute Gasteiger partial charge is 0.465 e. The van der Waals surface area contributed by atoms with Gasteiger partial charge in [0.1, 0.15) is 9.88 Å². The number of rotatable bonds is 3. The van der Waals surface area contributed by atoms with E-state index in [0.717, 1.165) is 53.3 Å². The van der Waals surface area contributed by atoms with Crippen LogP contribution in [-0.2, 0) is 17.6 Å². The zero-order chi connectivity index (χ0) is 19.8. The van der Waals surface area contributed by atoms with Crippen LogP contribution >= 0.6 is 34.3 Å². The molecule has 4 rings (SSSR count). The molecule has 1 aliphatic carbocycles. The lowest BCUT2D eigenvalue weighted by Gasteiger charge is -2.07. The highest BCUT2D eigenvalue weighted by Gasteiger charge is 2.27. The Morgan fingerprint density at radius 2 is 1.93 bits per heavy atom. The highest BCUT2D eigenvalue weighted by atomic mass is 35.5. The second-order valence-electron chi connectivity index (χ2n) is 6.96. The summed E-state index contributed by atoms with van der Waals surface area (Å²) in [5.41, 5.74) is 2.65. The molecule has 2 aromatic heterocycles. The Bertz CT molecular complexity index is 1080. The van der Waals surface area contributed by atoms with E-state index in [1.807, 2.05) is 25.1 Å². The maximum atomic E-state index is 13.0. The maximum absolute atomic E-state index is 13.0. The SMILES string of the molecule is COC(=O)c1c(NC(=O)c2sc3cc(C)ccc3c2Cl)sc2c1CCCCC2. The molecule has 2 heterocycles. The van der Waals surface area contributed by atoms with Gasteiger partial charge in [-0.1, -0.05) is 30.2 Å². The van der Waals surface area contributed by atoms with Gasteiger partial charge in [-0.25, -0.2) is 4.79 Å². The van der Waals surface area contributed by atoms with E-state index in [4.69, 9.17) is 16.3 Å². The minimum Gasteiger partial charge on any atom is -0.465 e. The molecule has 4 nitrogen and oxygen atoms in total. The van der Waals surface area contributed by atoms with Crippen LogP contribution in [0.25, 0.3) is 10.1 Å². The monoisotopic (exact) mass is 433 g/mol. The van der Waals surface area contributed by atoms with Gasteiger partial charge in [-0.05, 0) is 49.8 Å². The minimum absolute atomic E-state index is 0.287. The Labute approximate surface area is 176 Å². The molecule has 28 heavy (non-hydrogen) atoms. The summed E-state index contributed by atoms with van der Waals surface area (Å²) in [5.74, 6) is -0.682. The third kappa shape index (κ3) is 3.45. The number of hydrogen-bond acceptors (Lipinski definition) is 5. The van der Waals surface area contributed by atoms with Crippen molar-refractivity contribution in [1.82, 2.24) is 0 Å². The van der Waals surface area contributed by atoms with Crippen molar-refractivity contribution in [3.8, 4) is 0 Å². The number of halogens is 1. The molecule has 0 aliphatic heterocycles. The van der Waals surface area contributed by atoms with Crippen molar-refractivity contribution in [2.75, 3.05) is 12.4 Å². The van der Waals surface area contributed by atoms with Crippen molar-refractivity contribution >= 4 is 61.2 Å².